The fourth-order valence-electron chi connectivity index (χ4n) is 6.39. The Morgan fingerprint density at radius 1 is 0.420 bits per heavy atom. The molecule has 3 heteroatoms. The van der Waals surface area contributed by atoms with Gasteiger partial charge in [-0.3, -0.25) is 0 Å². The first-order chi connectivity index (χ1) is 24.7. The Balaban J connectivity index is 1.24. The van der Waals surface area contributed by atoms with Crippen LogP contribution in [0, 0.1) is 5.41 Å². The number of nitrogens with zero attached hydrogens (tertiary/aromatic N) is 2. The zero-order valence-corrected chi connectivity index (χ0v) is 27.4. The van der Waals surface area contributed by atoms with Crippen molar-refractivity contribution in [3.05, 3.63) is 211 Å². The van der Waals surface area contributed by atoms with Gasteiger partial charge in [0.05, 0.1) is 17.1 Å². The molecule has 0 aliphatic heterocycles. The van der Waals surface area contributed by atoms with Crippen LogP contribution in [0.5, 0.6) is 0 Å². The molecule has 1 N–H and O–H groups in total. The van der Waals surface area contributed by atoms with Gasteiger partial charge in [0.25, 0.3) is 0 Å². The lowest BCUT2D eigenvalue weighted by Crippen LogP contribution is -1.98. The Morgan fingerprint density at radius 3 is 1.66 bits per heavy atom. The molecular weight excluding hydrogens is 607 g/mol. The number of rotatable bonds is 8. The van der Waals surface area contributed by atoms with Gasteiger partial charge in [0.2, 0.25) is 0 Å². The molecule has 0 amide bonds. The molecule has 0 atom stereocenters. The van der Waals surface area contributed by atoms with Gasteiger partial charge in [0.1, 0.15) is 0 Å². The van der Waals surface area contributed by atoms with E-state index in [2.05, 4.69) is 115 Å². The van der Waals surface area contributed by atoms with Crippen molar-refractivity contribution >= 4 is 22.1 Å². The molecule has 0 bridgehead atoms. The summed E-state index contributed by atoms with van der Waals surface area (Å²) >= 11 is 0. The highest BCUT2D eigenvalue weighted by atomic mass is 14.9. The molecule has 0 fully saturated rings. The molecule has 50 heavy (non-hydrogen) atoms. The van der Waals surface area contributed by atoms with Crippen molar-refractivity contribution in [3.63, 3.8) is 0 Å². The van der Waals surface area contributed by atoms with E-state index in [4.69, 9.17) is 15.4 Å². The molecule has 0 saturated heterocycles. The number of benzene rings is 7. The van der Waals surface area contributed by atoms with E-state index in [0.29, 0.717) is 11.5 Å². The molecule has 0 saturated carbocycles. The summed E-state index contributed by atoms with van der Waals surface area (Å²) in [5.41, 5.74) is 11.5. The summed E-state index contributed by atoms with van der Waals surface area (Å²) in [5, 5.41) is 11.3. The number of hydrogen-bond donors (Lipinski definition) is 1. The largest absolute Gasteiger partial charge is 0.300 e. The molecule has 8 rings (SSSR count). The summed E-state index contributed by atoms with van der Waals surface area (Å²) < 4.78 is 0. The third-order valence-corrected chi connectivity index (χ3v) is 8.95. The average Bonchev–Trinajstić information content (AvgIpc) is 3.20. The van der Waals surface area contributed by atoms with Crippen molar-refractivity contribution in [1.29, 1.82) is 5.41 Å². The Hall–Kier alpha value is -6.71. The van der Waals surface area contributed by atoms with Crippen LogP contribution >= 0.6 is 0 Å². The van der Waals surface area contributed by atoms with E-state index in [-0.39, 0.29) is 0 Å². The van der Waals surface area contributed by atoms with E-state index < -0.39 is 0 Å². The molecule has 0 aliphatic rings. The van der Waals surface area contributed by atoms with E-state index in [0.717, 1.165) is 72.2 Å². The van der Waals surface area contributed by atoms with Crippen LogP contribution in [0.2, 0.25) is 0 Å². The van der Waals surface area contributed by atoms with Crippen LogP contribution in [0.3, 0.4) is 0 Å². The molecule has 3 nitrogen and oxygen atoms in total. The molecule has 236 valence electrons. The molecular formula is C47H33N3. The summed E-state index contributed by atoms with van der Waals surface area (Å²) in [6.07, 6.45) is 2.00. The number of fused-ring (bicyclic) bond motifs is 1. The van der Waals surface area contributed by atoms with Gasteiger partial charge in [-0.15, -0.1) is 0 Å². The highest BCUT2D eigenvalue weighted by Crippen LogP contribution is 2.35. The van der Waals surface area contributed by atoms with Crippen LogP contribution in [0.15, 0.2) is 194 Å². The second kappa shape index (κ2) is 13.8. The lowest BCUT2D eigenvalue weighted by atomic mass is 9.90. The van der Waals surface area contributed by atoms with Crippen molar-refractivity contribution < 1.29 is 0 Å². The zero-order chi connectivity index (χ0) is 33.7. The van der Waals surface area contributed by atoms with E-state index in [1.165, 1.54) is 0 Å². The highest BCUT2D eigenvalue weighted by Gasteiger charge is 2.14. The van der Waals surface area contributed by atoms with Crippen LogP contribution in [-0.2, 0) is 0 Å². The van der Waals surface area contributed by atoms with Gasteiger partial charge < -0.3 is 5.41 Å². The summed E-state index contributed by atoms with van der Waals surface area (Å²) in [4.78, 5) is 10.0. The van der Waals surface area contributed by atoms with Crippen molar-refractivity contribution in [2.24, 2.45) is 0 Å². The molecule has 1 heterocycles. The van der Waals surface area contributed by atoms with Gasteiger partial charge in [-0.1, -0.05) is 170 Å². The summed E-state index contributed by atoms with van der Waals surface area (Å²) in [5.74, 6) is 0.698. The Bertz CT molecular complexity index is 2410. The van der Waals surface area contributed by atoms with Gasteiger partial charge in [-0.05, 0) is 68.4 Å². The zero-order valence-electron chi connectivity index (χ0n) is 27.4. The van der Waals surface area contributed by atoms with Gasteiger partial charge >= 0.3 is 0 Å². The minimum absolute atomic E-state index is 0.472. The predicted molar refractivity (Wildman–Crippen MR) is 208 cm³/mol. The average molecular weight is 640 g/mol. The highest BCUT2D eigenvalue weighted by molar-refractivity contribution is 6.13. The molecule has 0 unspecified atom stereocenters. The van der Waals surface area contributed by atoms with Gasteiger partial charge in [0.15, 0.2) is 5.82 Å². The van der Waals surface area contributed by atoms with Crippen LogP contribution in [0.4, 0.5) is 0 Å². The quantitative estimate of drug-likeness (QED) is 0.168. The number of aromatic nitrogens is 2. The Morgan fingerprint density at radius 2 is 0.960 bits per heavy atom. The van der Waals surface area contributed by atoms with E-state index in [1.807, 2.05) is 78.9 Å². The molecule has 0 radical (unpaired) electrons. The molecule has 8 aromatic rings. The number of allylic oxidation sites excluding steroid dienone is 1. The Kier molecular flexibility index (Phi) is 8.45. The lowest BCUT2D eigenvalue weighted by Gasteiger charge is -2.14. The van der Waals surface area contributed by atoms with Crippen molar-refractivity contribution in [3.8, 4) is 45.0 Å². The van der Waals surface area contributed by atoms with Gasteiger partial charge in [-0.2, -0.15) is 0 Å². The van der Waals surface area contributed by atoms with E-state index >= 15 is 0 Å². The smallest absolute Gasteiger partial charge is 0.160 e. The molecule has 0 spiro atoms. The van der Waals surface area contributed by atoms with Gasteiger partial charge in [-0.25, -0.2) is 9.97 Å². The maximum absolute atomic E-state index is 9.00. The van der Waals surface area contributed by atoms with Gasteiger partial charge in [0, 0.05) is 16.7 Å². The van der Waals surface area contributed by atoms with Crippen LogP contribution in [0.25, 0.3) is 61.4 Å². The fraction of sp³-hybridized carbons (Fsp3) is 0. The third-order valence-electron chi connectivity index (χ3n) is 8.95. The van der Waals surface area contributed by atoms with Crippen LogP contribution in [0.1, 0.15) is 16.7 Å². The van der Waals surface area contributed by atoms with Crippen LogP contribution in [-0.4, -0.2) is 15.7 Å². The number of nitrogens with one attached hydrogen (secondary N) is 1. The summed E-state index contributed by atoms with van der Waals surface area (Å²) in [6, 6.07) is 64.4. The first-order valence-electron chi connectivity index (χ1n) is 16.7. The summed E-state index contributed by atoms with van der Waals surface area (Å²) in [7, 11) is 0. The maximum Gasteiger partial charge on any atom is 0.160 e. The molecule has 1 aromatic heterocycles. The normalized spacial score (nSPS) is 11.4. The third kappa shape index (κ3) is 6.41. The predicted octanol–water partition coefficient (Wildman–Crippen LogP) is 11.8. The first kappa shape index (κ1) is 30.6. The second-order valence-corrected chi connectivity index (χ2v) is 12.2. The summed E-state index contributed by atoms with van der Waals surface area (Å²) in [6.45, 7) is 0. The maximum atomic E-state index is 9.00. The standard InChI is InChI=1S/C47H33N3/c48-44(35-17-7-2-8-18-35)31-43(33-15-5-1-6-16-33)41-26-14-23-34-27-28-39(30-42(34)41)38-24-13-25-40(29-38)46-32-45(36-19-9-3-10-20-36)49-47(50-46)37-21-11-4-12-22-37/h1-32,48H/b43-31-,48-44?. The topological polar surface area (TPSA) is 49.6 Å². The first-order valence-corrected chi connectivity index (χ1v) is 16.7. The van der Waals surface area contributed by atoms with Crippen molar-refractivity contribution in [2.75, 3.05) is 0 Å². The number of hydrogen-bond acceptors (Lipinski definition) is 3. The van der Waals surface area contributed by atoms with E-state index in [1.54, 1.807) is 0 Å². The monoisotopic (exact) mass is 639 g/mol. The molecule has 0 aliphatic carbocycles. The lowest BCUT2D eigenvalue weighted by molar-refractivity contribution is 1.18. The minimum Gasteiger partial charge on any atom is -0.300 e. The minimum atomic E-state index is 0.472. The fourth-order valence-corrected chi connectivity index (χ4v) is 6.39. The van der Waals surface area contributed by atoms with Crippen molar-refractivity contribution in [1.82, 2.24) is 9.97 Å². The second-order valence-electron chi connectivity index (χ2n) is 12.2. The van der Waals surface area contributed by atoms with E-state index in [9.17, 15) is 0 Å². The molecule has 7 aromatic carbocycles. The Labute approximate surface area is 292 Å². The van der Waals surface area contributed by atoms with Crippen molar-refractivity contribution in [2.45, 2.75) is 0 Å². The van der Waals surface area contributed by atoms with Crippen LogP contribution < -0.4 is 0 Å². The SMILES string of the molecule is N=C(/C=C(/c1ccccc1)c1cccc2ccc(-c3cccc(-c4cc(-c5ccccc5)nc(-c5ccccc5)n4)c3)cc12)c1ccccc1.